The molecular formula is C23H28Cl2N2O2. The number of nitrogens with one attached hydrogen (secondary N) is 1. The van der Waals surface area contributed by atoms with Gasteiger partial charge in [-0.3, -0.25) is 9.59 Å². The lowest BCUT2D eigenvalue weighted by molar-refractivity contribution is -0.140. The molecule has 29 heavy (non-hydrogen) atoms. The van der Waals surface area contributed by atoms with E-state index in [1.54, 1.807) is 30.0 Å². The number of aryl methyl sites for hydroxylation is 2. The highest BCUT2D eigenvalue weighted by Crippen LogP contribution is 2.23. The summed E-state index contributed by atoms with van der Waals surface area (Å²) in [6.07, 6.45) is 1.93. The van der Waals surface area contributed by atoms with Gasteiger partial charge in [-0.1, -0.05) is 60.5 Å². The fraction of sp³-hybridized carbons (Fsp3) is 0.391. The number of hydrogen-bond donors (Lipinski definition) is 1. The van der Waals surface area contributed by atoms with E-state index in [0.717, 1.165) is 17.5 Å². The molecule has 0 aromatic heterocycles. The van der Waals surface area contributed by atoms with Crippen LogP contribution in [0.2, 0.25) is 10.0 Å². The maximum atomic E-state index is 13.0. The molecule has 2 aromatic carbocycles. The summed E-state index contributed by atoms with van der Waals surface area (Å²) in [4.78, 5) is 27.0. The number of carbonyl (C=O) groups is 2. The molecule has 156 valence electrons. The molecule has 0 saturated carbocycles. The maximum absolute atomic E-state index is 13.0. The van der Waals surface area contributed by atoms with Gasteiger partial charge in [0.05, 0.1) is 0 Å². The van der Waals surface area contributed by atoms with E-state index >= 15 is 0 Å². The number of nitrogens with zero attached hydrogens (tertiary/aromatic N) is 1. The van der Waals surface area contributed by atoms with Crippen LogP contribution < -0.4 is 5.32 Å². The van der Waals surface area contributed by atoms with Crippen LogP contribution in [0.3, 0.4) is 0 Å². The standard InChI is InChI=1S/C23H28Cl2N2O2/c1-4-17-6-8-18(9-7-17)10-13-22(28)27(16(3)23(29)26-5-2)15-19-11-12-20(24)14-21(19)25/h6-9,11-12,14,16H,4-5,10,13,15H2,1-3H3,(H,26,29)/t16-/m1/s1. The quantitative estimate of drug-likeness (QED) is 0.600. The molecule has 0 aliphatic heterocycles. The fourth-order valence-corrected chi connectivity index (χ4v) is 3.54. The molecule has 6 heteroatoms. The Bertz CT molecular complexity index is 837. The summed E-state index contributed by atoms with van der Waals surface area (Å²) in [7, 11) is 0. The van der Waals surface area contributed by atoms with Crippen LogP contribution in [0.5, 0.6) is 0 Å². The van der Waals surface area contributed by atoms with Crippen molar-refractivity contribution in [2.45, 2.75) is 52.6 Å². The number of rotatable bonds is 9. The molecule has 2 amide bonds. The smallest absolute Gasteiger partial charge is 0.242 e. The number of carbonyl (C=O) groups excluding carboxylic acids is 2. The Hall–Kier alpha value is -2.04. The fourth-order valence-electron chi connectivity index (χ4n) is 3.07. The van der Waals surface area contributed by atoms with Crippen LogP contribution in [-0.4, -0.2) is 29.3 Å². The van der Waals surface area contributed by atoms with Crippen LogP contribution in [0.15, 0.2) is 42.5 Å². The minimum atomic E-state index is -0.600. The summed E-state index contributed by atoms with van der Waals surface area (Å²) in [5.41, 5.74) is 3.13. The molecule has 0 aliphatic carbocycles. The highest BCUT2D eigenvalue weighted by Gasteiger charge is 2.26. The highest BCUT2D eigenvalue weighted by molar-refractivity contribution is 6.35. The summed E-state index contributed by atoms with van der Waals surface area (Å²) in [6.45, 7) is 6.47. The molecular weight excluding hydrogens is 407 g/mol. The lowest BCUT2D eigenvalue weighted by atomic mass is 10.0. The number of benzene rings is 2. The van der Waals surface area contributed by atoms with Gasteiger partial charge < -0.3 is 10.2 Å². The van der Waals surface area contributed by atoms with E-state index in [0.29, 0.717) is 29.4 Å². The van der Waals surface area contributed by atoms with Gasteiger partial charge in [-0.25, -0.2) is 0 Å². The van der Waals surface area contributed by atoms with Gasteiger partial charge in [0, 0.05) is 29.6 Å². The predicted molar refractivity (Wildman–Crippen MR) is 119 cm³/mol. The Kier molecular flexibility index (Phi) is 8.99. The first-order valence-corrected chi connectivity index (χ1v) is 10.7. The zero-order valence-electron chi connectivity index (χ0n) is 17.2. The van der Waals surface area contributed by atoms with Crippen molar-refractivity contribution in [2.24, 2.45) is 0 Å². The second-order valence-corrected chi connectivity index (χ2v) is 7.84. The topological polar surface area (TPSA) is 49.4 Å². The lowest BCUT2D eigenvalue weighted by Gasteiger charge is -2.29. The molecule has 2 rings (SSSR count). The van der Waals surface area contributed by atoms with Gasteiger partial charge in [-0.2, -0.15) is 0 Å². The van der Waals surface area contributed by atoms with Gasteiger partial charge in [0.15, 0.2) is 0 Å². The number of halogens is 2. The van der Waals surface area contributed by atoms with Gasteiger partial charge in [0.2, 0.25) is 11.8 Å². The first-order valence-electron chi connectivity index (χ1n) is 9.94. The lowest BCUT2D eigenvalue weighted by Crippen LogP contribution is -2.47. The first kappa shape index (κ1) is 23.2. The normalized spacial score (nSPS) is 11.8. The number of amides is 2. The molecule has 0 unspecified atom stereocenters. The second kappa shape index (κ2) is 11.2. The van der Waals surface area contributed by atoms with E-state index < -0.39 is 6.04 Å². The van der Waals surface area contributed by atoms with E-state index in [-0.39, 0.29) is 18.4 Å². The van der Waals surface area contributed by atoms with Crippen molar-refractivity contribution < 1.29 is 9.59 Å². The third kappa shape index (κ3) is 6.76. The van der Waals surface area contributed by atoms with E-state index in [9.17, 15) is 9.59 Å². The number of likely N-dealkylation sites (N-methyl/N-ethyl adjacent to an activating group) is 1. The summed E-state index contributed by atoms with van der Waals surface area (Å²) in [5, 5.41) is 3.80. The zero-order valence-corrected chi connectivity index (χ0v) is 18.7. The van der Waals surface area contributed by atoms with Crippen LogP contribution in [0.1, 0.15) is 43.9 Å². The molecule has 0 fully saturated rings. The zero-order chi connectivity index (χ0) is 21.4. The summed E-state index contributed by atoms with van der Waals surface area (Å²) in [5.74, 6) is -0.271. The van der Waals surface area contributed by atoms with Crippen molar-refractivity contribution >= 4 is 35.0 Å². The van der Waals surface area contributed by atoms with Crippen LogP contribution in [0.4, 0.5) is 0 Å². The van der Waals surface area contributed by atoms with Crippen molar-refractivity contribution in [3.63, 3.8) is 0 Å². The van der Waals surface area contributed by atoms with Gasteiger partial charge >= 0.3 is 0 Å². The Balaban J connectivity index is 2.15. The largest absolute Gasteiger partial charge is 0.355 e. The minimum absolute atomic E-state index is 0.0886. The Morgan fingerprint density at radius 2 is 1.69 bits per heavy atom. The van der Waals surface area contributed by atoms with Gasteiger partial charge in [-0.05, 0) is 55.5 Å². The van der Waals surface area contributed by atoms with Gasteiger partial charge in [0.1, 0.15) is 6.04 Å². The molecule has 0 aliphatic rings. The Morgan fingerprint density at radius 3 is 2.28 bits per heavy atom. The average Bonchev–Trinajstić information content (AvgIpc) is 2.71. The molecule has 4 nitrogen and oxygen atoms in total. The van der Waals surface area contributed by atoms with Gasteiger partial charge in [0.25, 0.3) is 0 Å². The van der Waals surface area contributed by atoms with Gasteiger partial charge in [-0.15, -0.1) is 0 Å². The molecule has 1 N–H and O–H groups in total. The average molecular weight is 435 g/mol. The third-order valence-electron chi connectivity index (χ3n) is 4.93. The first-order chi connectivity index (χ1) is 13.8. The molecule has 0 bridgehead atoms. The predicted octanol–water partition coefficient (Wildman–Crippen LogP) is 5.04. The molecule has 0 radical (unpaired) electrons. The minimum Gasteiger partial charge on any atom is -0.355 e. The Labute approximate surface area is 183 Å². The van der Waals surface area contributed by atoms with Crippen LogP contribution in [-0.2, 0) is 29.0 Å². The van der Waals surface area contributed by atoms with Crippen molar-refractivity contribution in [2.75, 3.05) is 6.54 Å². The maximum Gasteiger partial charge on any atom is 0.242 e. The third-order valence-corrected chi connectivity index (χ3v) is 5.52. The van der Waals surface area contributed by atoms with Crippen LogP contribution in [0, 0.1) is 0 Å². The van der Waals surface area contributed by atoms with E-state index in [4.69, 9.17) is 23.2 Å². The summed E-state index contributed by atoms with van der Waals surface area (Å²) in [6, 6.07) is 12.9. The van der Waals surface area contributed by atoms with E-state index in [1.807, 2.05) is 6.92 Å². The monoisotopic (exact) mass is 434 g/mol. The van der Waals surface area contributed by atoms with Crippen molar-refractivity contribution in [1.82, 2.24) is 10.2 Å². The van der Waals surface area contributed by atoms with E-state index in [2.05, 4.69) is 36.5 Å². The van der Waals surface area contributed by atoms with Crippen LogP contribution in [0.25, 0.3) is 0 Å². The second-order valence-electron chi connectivity index (χ2n) is 7.00. The molecule has 0 heterocycles. The highest BCUT2D eigenvalue weighted by atomic mass is 35.5. The number of hydrogen-bond acceptors (Lipinski definition) is 2. The Morgan fingerprint density at radius 1 is 1.03 bits per heavy atom. The van der Waals surface area contributed by atoms with E-state index in [1.165, 1.54) is 5.56 Å². The molecule has 0 spiro atoms. The SMILES string of the molecule is CCNC(=O)[C@@H](C)N(Cc1ccc(Cl)cc1Cl)C(=O)CCc1ccc(CC)cc1. The molecule has 1 atom stereocenters. The van der Waals surface area contributed by atoms with Crippen molar-refractivity contribution in [3.05, 3.63) is 69.2 Å². The van der Waals surface area contributed by atoms with Crippen molar-refractivity contribution in [3.8, 4) is 0 Å². The molecule has 0 saturated heterocycles. The van der Waals surface area contributed by atoms with Crippen LogP contribution >= 0.6 is 23.2 Å². The summed E-state index contributed by atoms with van der Waals surface area (Å²) >= 11 is 12.3. The molecule has 2 aromatic rings. The summed E-state index contributed by atoms with van der Waals surface area (Å²) < 4.78 is 0. The van der Waals surface area contributed by atoms with Crippen molar-refractivity contribution in [1.29, 1.82) is 0 Å².